The van der Waals surface area contributed by atoms with Gasteiger partial charge in [-0.15, -0.1) is 0 Å². The normalized spacial score (nSPS) is 10.7. The first-order chi connectivity index (χ1) is 11.7. The molecule has 25 heavy (non-hydrogen) atoms. The number of nitrogens with one attached hydrogen (secondary N) is 3. The van der Waals surface area contributed by atoms with Crippen LogP contribution in [-0.2, 0) is 9.53 Å². The van der Waals surface area contributed by atoms with Crippen molar-refractivity contribution in [2.45, 2.75) is 6.18 Å². The number of esters is 1. The molecule has 0 aromatic heterocycles. The van der Waals surface area contributed by atoms with Crippen molar-refractivity contribution < 1.29 is 37.4 Å². The summed E-state index contributed by atoms with van der Waals surface area (Å²) in [5, 5.41) is 14.6. The van der Waals surface area contributed by atoms with Gasteiger partial charge in [0.15, 0.2) is 6.61 Å². The van der Waals surface area contributed by atoms with Crippen molar-refractivity contribution in [1.29, 1.82) is 0 Å². The highest BCUT2D eigenvalue weighted by molar-refractivity contribution is 5.99. The van der Waals surface area contributed by atoms with Crippen LogP contribution in [0.25, 0.3) is 0 Å². The molecule has 0 radical (unpaired) electrons. The number of carbonyl (C=O) groups is 3. The Morgan fingerprint density at radius 2 is 1.84 bits per heavy atom. The summed E-state index contributed by atoms with van der Waals surface area (Å²) in [4.78, 5) is 34.4. The summed E-state index contributed by atoms with van der Waals surface area (Å²) >= 11 is 0. The smallest absolute Gasteiger partial charge is 0.405 e. The number of anilines is 1. The second kappa shape index (κ2) is 9.47. The predicted molar refractivity (Wildman–Crippen MR) is 79.9 cm³/mol. The number of imide groups is 1. The van der Waals surface area contributed by atoms with E-state index in [0.717, 1.165) is 0 Å². The molecule has 0 aliphatic heterocycles. The largest absolute Gasteiger partial charge is 0.452 e. The lowest BCUT2D eigenvalue weighted by molar-refractivity contribution is -0.125. The Morgan fingerprint density at radius 1 is 1.16 bits per heavy atom. The van der Waals surface area contributed by atoms with Crippen molar-refractivity contribution >= 4 is 23.6 Å². The minimum Gasteiger partial charge on any atom is -0.452 e. The number of halogens is 3. The molecule has 3 amide bonds. The van der Waals surface area contributed by atoms with Crippen molar-refractivity contribution in [2.75, 3.05) is 31.6 Å². The highest BCUT2D eigenvalue weighted by Gasteiger charge is 2.28. The number of rotatable bonds is 7. The van der Waals surface area contributed by atoms with Gasteiger partial charge in [-0.1, -0.05) is 12.1 Å². The molecule has 1 aromatic carbocycles. The number of para-hydroxylation sites is 1. The summed E-state index contributed by atoms with van der Waals surface area (Å²) in [6.07, 6.45) is -4.61. The summed E-state index contributed by atoms with van der Waals surface area (Å²) in [6, 6.07) is 4.79. The number of aliphatic hydroxyl groups is 1. The van der Waals surface area contributed by atoms with Gasteiger partial charge in [-0.2, -0.15) is 13.2 Å². The first-order valence-corrected chi connectivity index (χ1v) is 6.98. The van der Waals surface area contributed by atoms with E-state index in [0.29, 0.717) is 5.69 Å². The minimum absolute atomic E-state index is 0.0882. The third kappa shape index (κ3) is 8.01. The SMILES string of the molecule is O=C(COC(=O)c1ccccc1NCCO)NC(=O)NCC(F)(F)F. The van der Waals surface area contributed by atoms with E-state index < -0.39 is 37.2 Å². The van der Waals surface area contributed by atoms with Crippen LogP contribution in [0.4, 0.5) is 23.7 Å². The molecule has 0 atom stereocenters. The molecular weight excluding hydrogens is 347 g/mol. The van der Waals surface area contributed by atoms with Crippen LogP contribution in [0.3, 0.4) is 0 Å². The Labute approximate surface area is 140 Å². The van der Waals surface area contributed by atoms with Crippen LogP contribution in [-0.4, -0.2) is 55.5 Å². The topological polar surface area (TPSA) is 117 Å². The quantitative estimate of drug-likeness (QED) is 0.528. The molecule has 0 aliphatic carbocycles. The molecule has 0 aliphatic rings. The maximum Gasteiger partial charge on any atom is 0.405 e. The second-order valence-corrected chi connectivity index (χ2v) is 4.62. The number of amides is 3. The zero-order valence-electron chi connectivity index (χ0n) is 12.9. The molecule has 0 saturated heterocycles. The molecule has 11 heteroatoms. The maximum absolute atomic E-state index is 11.9. The summed E-state index contributed by atoms with van der Waals surface area (Å²) in [5.74, 6) is -1.97. The molecular formula is C14H16F3N3O5. The number of hydrogen-bond acceptors (Lipinski definition) is 6. The van der Waals surface area contributed by atoms with Gasteiger partial charge in [0.05, 0.1) is 12.2 Å². The molecule has 1 rings (SSSR count). The summed E-state index contributed by atoms with van der Waals surface area (Å²) in [5.41, 5.74) is 0.454. The number of aliphatic hydroxyl groups excluding tert-OH is 1. The molecule has 1 aromatic rings. The van der Waals surface area contributed by atoms with E-state index in [1.165, 1.54) is 11.4 Å². The highest BCUT2D eigenvalue weighted by Crippen LogP contribution is 2.15. The van der Waals surface area contributed by atoms with E-state index in [2.05, 4.69) is 5.32 Å². The Balaban J connectivity index is 2.48. The van der Waals surface area contributed by atoms with Crippen LogP contribution in [0.15, 0.2) is 24.3 Å². The lowest BCUT2D eigenvalue weighted by Crippen LogP contribution is -2.44. The van der Waals surface area contributed by atoms with Crippen LogP contribution >= 0.6 is 0 Å². The van der Waals surface area contributed by atoms with Gasteiger partial charge in [-0.3, -0.25) is 10.1 Å². The van der Waals surface area contributed by atoms with Gasteiger partial charge < -0.3 is 20.5 Å². The Kier molecular flexibility index (Phi) is 7.66. The maximum atomic E-state index is 11.9. The molecule has 0 heterocycles. The fourth-order valence-electron chi connectivity index (χ4n) is 1.60. The van der Waals surface area contributed by atoms with Crippen LogP contribution in [0.1, 0.15) is 10.4 Å². The van der Waals surface area contributed by atoms with Gasteiger partial charge in [0.1, 0.15) is 6.54 Å². The number of alkyl halides is 3. The number of urea groups is 1. The molecule has 0 saturated carbocycles. The third-order valence-corrected chi connectivity index (χ3v) is 2.61. The number of carbonyl (C=O) groups excluding carboxylic acids is 3. The fourth-order valence-corrected chi connectivity index (χ4v) is 1.60. The second-order valence-electron chi connectivity index (χ2n) is 4.62. The number of benzene rings is 1. The van der Waals surface area contributed by atoms with Crippen molar-refractivity contribution in [3.8, 4) is 0 Å². The van der Waals surface area contributed by atoms with Crippen molar-refractivity contribution in [3.05, 3.63) is 29.8 Å². The Morgan fingerprint density at radius 3 is 2.48 bits per heavy atom. The number of hydrogen-bond donors (Lipinski definition) is 4. The van der Waals surface area contributed by atoms with E-state index in [1.807, 2.05) is 0 Å². The summed E-state index contributed by atoms with van der Waals surface area (Å²) in [7, 11) is 0. The lowest BCUT2D eigenvalue weighted by Gasteiger charge is -2.11. The Hall–Kier alpha value is -2.82. The van der Waals surface area contributed by atoms with Crippen molar-refractivity contribution in [2.24, 2.45) is 0 Å². The van der Waals surface area contributed by atoms with Crippen molar-refractivity contribution in [1.82, 2.24) is 10.6 Å². The van der Waals surface area contributed by atoms with Gasteiger partial charge in [0.25, 0.3) is 5.91 Å². The van der Waals surface area contributed by atoms with Gasteiger partial charge in [0, 0.05) is 12.2 Å². The molecule has 4 N–H and O–H groups in total. The molecule has 0 spiro atoms. The molecule has 138 valence electrons. The third-order valence-electron chi connectivity index (χ3n) is 2.61. The highest BCUT2D eigenvalue weighted by atomic mass is 19.4. The van der Waals surface area contributed by atoms with Gasteiger partial charge in [-0.05, 0) is 12.1 Å². The van der Waals surface area contributed by atoms with E-state index in [9.17, 15) is 27.6 Å². The molecule has 0 bridgehead atoms. The average Bonchev–Trinajstić information content (AvgIpc) is 2.55. The first-order valence-electron chi connectivity index (χ1n) is 6.98. The zero-order chi connectivity index (χ0) is 18.9. The van der Waals surface area contributed by atoms with Crippen molar-refractivity contribution in [3.63, 3.8) is 0 Å². The van der Waals surface area contributed by atoms with E-state index in [-0.39, 0.29) is 18.7 Å². The summed E-state index contributed by atoms with van der Waals surface area (Å²) < 4.78 is 40.4. The van der Waals surface area contributed by atoms with E-state index in [1.54, 1.807) is 23.5 Å². The molecule has 8 nitrogen and oxygen atoms in total. The van der Waals surface area contributed by atoms with Crippen LogP contribution in [0.5, 0.6) is 0 Å². The standard InChI is InChI=1S/C14H16F3N3O5/c15-14(16,17)8-19-13(24)20-11(22)7-25-12(23)9-3-1-2-4-10(9)18-5-6-21/h1-4,18,21H,5-8H2,(H2,19,20,22,24). The van der Waals surface area contributed by atoms with E-state index in [4.69, 9.17) is 9.84 Å². The van der Waals surface area contributed by atoms with Crippen LogP contribution < -0.4 is 16.0 Å². The molecule has 0 unspecified atom stereocenters. The van der Waals surface area contributed by atoms with Gasteiger partial charge in [0.2, 0.25) is 0 Å². The minimum atomic E-state index is -4.61. The first kappa shape index (κ1) is 20.2. The summed E-state index contributed by atoms with van der Waals surface area (Å²) in [6.45, 7) is -2.44. The zero-order valence-corrected chi connectivity index (χ0v) is 12.9. The molecule has 0 fully saturated rings. The fraction of sp³-hybridized carbons (Fsp3) is 0.357. The van der Waals surface area contributed by atoms with Crippen LogP contribution in [0, 0.1) is 0 Å². The van der Waals surface area contributed by atoms with Crippen LogP contribution in [0.2, 0.25) is 0 Å². The predicted octanol–water partition coefficient (Wildman–Crippen LogP) is 0.636. The number of ether oxygens (including phenoxy) is 1. The lowest BCUT2D eigenvalue weighted by atomic mass is 10.2. The van der Waals surface area contributed by atoms with Gasteiger partial charge >= 0.3 is 18.2 Å². The average molecular weight is 363 g/mol. The monoisotopic (exact) mass is 363 g/mol. The van der Waals surface area contributed by atoms with Gasteiger partial charge in [-0.25, -0.2) is 9.59 Å². The van der Waals surface area contributed by atoms with E-state index >= 15 is 0 Å². The Bertz CT molecular complexity index is 622.